The van der Waals surface area contributed by atoms with Crippen LogP contribution in [0.4, 0.5) is 10.5 Å². The molecule has 0 unspecified atom stereocenters. The van der Waals surface area contributed by atoms with Crippen LogP contribution < -0.4 is 5.32 Å². The fourth-order valence-corrected chi connectivity index (χ4v) is 1.55. The zero-order valence-electron chi connectivity index (χ0n) is 10.8. The minimum Gasteiger partial charge on any atom is -0.395 e. The van der Waals surface area contributed by atoms with Gasteiger partial charge in [0.15, 0.2) is 5.78 Å². The SMILES string of the molecule is CC(=O)c1ccc(NC(=O)N(CCO)CCO)cc1. The predicted octanol–water partition coefficient (Wildman–Crippen LogP) is 0.708. The Bertz CT molecular complexity index is 425. The van der Waals surface area contributed by atoms with Crippen molar-refractivity contribution in [3.8, 4) is 0 Å². The molecular formula is C13H18N2O4. The van der Waals surface area contributed by atoms with E-state index in [0.29, 0.717) is 11.3 Å². The van der Waals surface area contributed by atoms with Crippen molar-refractivity contribution < 1.29 is 19.8 Å². The lowest BCUT2D eigenvalue weighted by Crippen LogP contribution is -2.38. The van der Waals surface area contributed by atoms with E-state index in [9.17, 15) is 9.59 Å². The number of hydrogen-bond acceptors (Lipinski definition) is 4. The minimum atomic E-state index is -0.404. The summed E-state index contributed by atoms with van der Waals surface area (Å²) >= 11 is 0. The fourth-order valence-electron chi connectivity index (χ4n) is 1.55. The predicted molar refractivity (Wildman–Crippen MR) is 71.2 cm³/mol. The highest BCUT2D eigenvalue weighted by Gasteiger charge is 2.12. The number of carbonyl (C=O) groups is 2. The van der Waals surface area contributed by atoms with E-state index in [0.717, 1.165) is 0 Å². The average molecular weight is 266 g/mol. The number of nitrogens with zero attached hydrogens (tertiary/aromatic N) is 1. The number of nitrogens with one attached hydrogen (secondary N) is 1. The van der Waals surface area contributed by atoms with E-state index in [-0.39, 0.29) is 32.1 Å². The van der Waals surface area contributed by atoms with Crippen LogP contribution in [0.1, 0.15) is 17.3 Å². The van der Waals surface area contributed by atoms with Crippen molar-refractivity contribution in [2.45, 2.75) is 6.92 Å². The van der Waals surface area contributed by atoms with Gasteiger partial charge < -0.3 is 20.4 Å². The number of carbonyl (C=O) groups excluding carboxylic acids is 2. The third-order valence-electron chi connectivity index (χ3n) is 2.57. The third kappa shape index (κ3) is 4.69. The van der Waals surface area contributed by atoms with Gasteiger partial charge in [-0.1, -0.05) is 0 Å². The molecule has 1 rings (SSSR count). The van der Waals surface area contributed by atoms with Crippen molar-refractivity contribution in [2.75, 3.05) is 31.6 Å². The zero-order valence-corrected chi connectivity index (χ0v) is 10.8. The van der Waals surface area contributed by atoms with Gasteiger partial charge in [-0.15, -0.1) is 0 Å². The minimum absolute atomic E-state index is 0.0416. The molecule has 6 heteroatoms. The molecule has 0 radical (unpaired) electrons. The number of amides is 2. The number of hydrogen-bond donors (Lipinski definition) is 3. The van der Waals surface area contributed by atoms with Crippen LogP contribution in [-0.4, -0.2) is 53.2 Å². The molecular weight excluding hydrogens is 248 g/mol. The second kappa shape index (κ2) is 7.50. The first-order valence-corrected chi connectivity index (χ1v) is 5.97. The van der Waals surface area contributed by atoms with Crippen LogP contribution in [0.5, 0.6) is 0 Å². The number of rotatable bonds is 6. The van der Waals surface area contributed by atoms with E-state index < -0.39 is 6.03 Å². The summed E-state index contributed by atoms with van der Waals surface area (Å²) in [5.41, 5.74) is 1.12. The van der Waals surface area contributed by atoms with E-state index in [1.807, 2.05) is 0 Å². The maximum absolute atomic E-state index is 11.8. The number of aliphatic hydroxyl groups excluding tert-OH is 2. The van der Waals surface area contributed by atoms with Gasteiger partial charge in [0.25, 0.3) is 0 Å². The summed E-state index contributed by atoms with van der Waals surface area (Å²) in [5, 5.41) is 20.3. The van der Waals surface area contributed by atoms with Gasteiger partial charge in [-0.05, 0) is 31.2 Å². The molecule has 0 heterocycles. The summed E-state index contributed by atoms with van der Waals surface area (Å²) in [6, 6.07) is 6.11. The van der Waals surface area contributed by atoms with E-state index in [1.54, 1.807) is 24.3 Å². The molecule has 0 aliphatic rings. The Kier molecular flexibility index (Phi) is 5.98. The number of anilines is 1. The lowest BCUT2D eigenvalue weighted by Gasteiger charge is -2.21. The third-order valence-corrected chi connectivity index (χ3v) is 2.57. The van der Waals surface area contributed by atoms with Crippen LogP contribution >= 0.6 is 0 Å². The first-order chi connectivity index (χ1) is 9.08. The van der Waals surface area contributed by atoms with Crippen molar-refractivity contribution in [1.82, 2.24) is 4.90 Å². The molecule has 6 nitrogen and oxygen atoms in total. The van der Waals surface area contributed by atoms with Crippen molar-refractivity contribution >= 4 is 17.5 Å². The average Bonchev–Trinajstić information content (AvgIpc) is 2.39. The molecule has 1 aromatic carbocycles. The van der Waals surface area contributed by atoms with Crippen LogP contribution in [0.2, 0.25) is 0 Å². The fraction of sp³-hybridized carbons (Fsp3) is 0.385. The highest BCUT2D eigenvalue weighted by Crippen LogP contribution is 2.10. The Hall–Kier alpha value is -1.92. The molecule has 0 saturated carbocycles. The summed E-state index contributed by atoms with van der Waals surface area (Å²) in [6.45, 7) is 1.43. The monoisotopic (exact) mass is 266 g/mol. The van der Waals surface area contributed by atoms with Crippen molar-refractivity contribution in [3.05, 3.63) is 29.8 Å². The molecule has 0 atom stereocenters. The van der Waals surface area contributed by atoms with Gasteiger partial charge in [-0.25, -0.2) is 4.79 Å². The van der Waals surface area contributed by atoms with Crippen LogP contribution in [0.25, 0.3) is 0 Å². The van der Waals surface area contributed by atoms with Crippen LogP contribution in [0, 0.1) is 0 Å². The van der Waals surface area contributed by atoms with Crippen LogP contribution in [-0.2, 0) is 0 Å². The second-order valence-electron chi connectivity index (χ2n) is 4.00. The zero-order chi connectivity index (χ0) is 14.3. The van der Waals surface area contributed by atoms with Gasteiger partial charge in [0.05, 0.1) is 13.2 Å². The number of aliphatic hydroxyl groups is 2. The quantitative estimate of drug-likeness (QED) is 0.661. The van der Waals surface area contributed by atoms with E-state index in [4.69, 9.17) is 10.2 Å². The molecule has 0 bridgehead atoms. The number of benzene rings is 1. The van der Waals surface area contributed by atoms with Crippen molar-refractivity contribution in [3.63, 3.8) is 0 Å². The Morgan fingerprint density at radius 1 is 1.11 bits per heavy atom. The maximum Gasteiger partial charge on any atom is 0.321 e. The highest BCUT2D eigenvalue weighted by atomic mass is 16.3. The second-order valence-corrected chi connectivity index (χ2v) is 4.00. The largest absolute Gasteiger partial charge is 0.395 e. The Balaban J connectivity index is 2.66. The lowest BCUT2D eigenvalue weighted by molar-refractivity contribution is 0.101. The lowest BCUT2D eigenvalue weighted by atomic mass is 10.1. The topological polar surface area (TPSA) is 89.9 Å². The molecule has 0 fully saturated rings. The molecule has 0 saturated heterocycles. The normalized spacial score (nSPS) is 10.1. The van der Waals surface area contributed by atoms with E-state index in [2.05, 4.69) is 5.32 Å². The summed E-state index contributed by atoms with van der Waals surface area (Å²) in [6.07, 6.45) is 0. The summed E-state index contributed by atoms with van der Waals surface area (Å²) in [4.78, 5) is 24.2. The van der Waals surface area contributed by atoms with Gasteiger partial charge in [0, 0.05) is 24.3 Å². The van der Waals surface area contributed by atoms with Gasteiger partial charge in [-0.2, -0.15) is 0 Å². The van der Waals surface area contributed by atoms with Gasteiger partial charge in [-0.3, -0.25) is 4.79 Å². The van der Waals surface area contributed by atoms with E-state index >= 15 is 0 Å². The Morgan fingerprint density at radius 2 is 1.63 bits per heavy atom. The number of urea groups is 1. The maximum atomic E-state index is 11.8. The molecule has 3 N–H and O–H groups in total. The molecule has 104 valence electrons. The first-order valence-electron chi connectivity index (χ1n) is 5.97. The number of Topliss-reactive ketones (excluding diaryl/α,β-unsaturated/α-hetero) is 1. The van der Waals surface area contributed by atoms with Gasteiger partial charge in [0.2, 0.25) is 0 Å². The molecule has 0 spiro atoms. The molecule has 2 amide bonds. The molecule has 0 aromatic heterocycles. The van der Waals surface area contributed by atoms with Gasteiger partial charge >= 0.3 is 6.03 Å². The van der Waals surface area contributed by atoms with Crippen LogP contribution in [0.3, 0.4) is 0 Å². The molecule has 0 aliphatic carbocycles. The Morgan fingerprint density at radius 3 is 2.05 bits per heavy atom. The van der Waals surface area contributed by atoms with E-state index in [1.165, 1.54) is 11.8 Å². The van der Waals surface area contributed by atoms with Crippen LogP contribution in [0.15, 0.2) is 24.3 Å². The van der Waals surface area contributed by atoms with Crippen molar-refractivity contribution in [1.29, 1.82) is 0 Å². The molecule has 19 heavy (non-hydrogen) atoms. The van der Waals surface area contributed by atoms with Crippen molar-refractivity contribution in [2.24, 2.45) is 0 Å². The summed E-state index contributed by atoms with van der Waals surface area (Å²) in [5.74, 6) is -0.0416. The first kappa shape index (κ1) is 15.1. The Labute approximate surface area is 111 Å². The smallest absolute Gasteiger partial charge is 0.321 e. The standard InChI is InChI=1S/C13H18N2O4/c1-10(18)11-2-4-12(5-3-11)14-13(19)15(6-8-16)7-9-17/h2-5,16-17H,6-9H2,1H3,(H,14,19). The summed E-state index contributed by atoms with van der Waals surface area (Å²) < 4.78 is 0. The molecule has 1 aromatic rings. The summed E-state index contributed by atoms with van der Waals surface area (Å²) in [7, 11) is 0. The molecule has 0 aliphatic heterocycles. The van der Waals surface area contributed by atoms with Gasteiger partial charge in [0.1, 0.15) is 0 Å². The number of ketones is 1. The highest BCUT2D eigenvalue weighted by molar-refractivity contribution is 5.95.